The Labute approximate surface area is 155 Å². The first-order chi connectivity index (χ1) is 12.8. The number of carbonyl (C=O) groups is 3. The van der Waals surface area contributed by atoms with Gasteiger partial charge >= 0.3 is 0 Å². The Balaban J connectivity index is 1.63. The van der Waals surface area contributed by atoms with E-state index in [0.29, 0.717) is 22.7 Å². The highest BCUT2D eigenvalue weighted by molar-refractivity contribution is 6.04. The van der Waals surface area contributed by atoms with Crippen molar-refractivity contribution in [3.8, 4) is 5.75 Å². The van der Waals surface area contributed by atoms with Gasteiger partial charge in [-0.05, 0) is 43.3 Å². The number of benzene rings is 2. The van der Waals surface area contributed by atoms with Gasteiger partial charge < -0.3 is 15.0 Å². The molecule has 3 rings (SSSR count). The third kappa shape index (κ3) is 4.13. The summed E-state index contributed by atoms with van der Waals surface area (Å²) >= 11 is 0. The van der Waals surface area contributed by atoms with Crippen LogP contribution >= 0.6 is 0 Å². The van der Waals surface area contributed by atoms with Crippen molar-refractivity contribution < 1.29 is 23.5 Å². The summed E-state index contributed by atoms with van der Waals surface area (Å²) in [6, 6.07) is 10.4. The molecule has 0 aromatic heterocycles. The molecule has 2 amide bonds. The first kappa shape index (κ1) is 18.6. The maximum absolute atomic E-state index is 13.1. The standard InChI is InChI=1S/C20H19FN2O4/c1-12-20(26)23(2)16-10-13(6-8-18(16)27-12)17(24)7-9-19(25)22-15-5-3-4-14(21)11-15/h3-6,8,10-12H,7,9H2,1-2H3,(H,22,25). The fraction of sp³-hybridized carbons (Fsp3) is 0.250. The molecule has 2 aromatic rings. The van der Waals surface area contributed by atoms with Crippen LogP contribution in [0.15, 0.2) is 42.5 Å². The number of Topliss-reactive ketones (excluding diaryl/α,β-unsaturated/α-hetero) is 1. The van der Waals surface area contributed by atoms with Crippen LogP contribution in [0.5, 0.6) is 5.75 Å². The molecule has 2 aromatic carbocycles. The highest BCUT2D eigenvalue weighted by Gasteiger charge is 2.29. The molecule has 1 heterocycles. The first-order valence-electron chi connectivity index (χ1n) is 8.52. The second-order valence-electron chi connectivity index (χ2n) is 6.32. The lowest BCUT2D eigenvalue weighted by Crippen LogP contribution is -2.42. The number of carbonyl (C=O) groups excluding carboxylic acids is 3. The van der Waals surface area contributed by atoms with Crippen LogP contribution in [-0.4, -0.2) is 30.7 Å². The Kier molecular flexibility index (Phi) is 5.21. The molecule has 0 saturated heterocycles. The number of nitrogens with one attached hydrogen (secondary N) is 1. The minimum atomic E-state index is -0.574. The zero-order chi connectivity index (χ0) is 19.6. The SMILES string of the molecule is CC1Oc2ccc(C(=O)CCC(=O)Nc3cccc(F)c3)cc2N(C)C1=O. The minimum absolute atomic E-state index is 0.00510. The molecule has 0 saturated carbocycles. The smallest absolute Gasteiger partial charge is 0.267 e. The van der Waals surface area contributed by atoms with Gasteiger partial charge in [-0.3, -0.25) is 14.4 Å². The monoisotopic (exact) mass is 370 g/mol. The van der Waals surface area contributed by atoms with Crippen LogP contribution in [0.2, 0.25) is 0 Å². The number of likely N-dealkylation sites (N-methyl/N-ethyl adjacent to an activating group) is 1. The maximum Gasteiger partial charge on any atom is 0.267 e. The number of fused-ring (bicyclic) bond motifs is 1. The molecule has 1 atom stereocenters. The van der Waals surface area contributed by atoms with E-state index in [1.807, 2.05) is 0 Å². The molecule has 0 spiro atoms. The Morgan fingerprint density at radius 3 is 2.70 bits per heavy atom. The Morgan fingerprint density at radius 2 is 1.96 bits per heavy atom. The van der Waals surface area contributed by atoms with Gasteiger partial charge in [-0.1, -0.05) is 6.07 Å². The van der Waals surface area contributed by atoms with E-state index in [-0.39, 0.29) is 30.4 Å². The van der Waals surface area contributed by atoms with Gasteiger partial charge in [0.1, 0.15) is 11.6 Å². The van der Waals surface area contributed by atoms with E-state index < -0.39 is 11.9 Å². The molecular weight excluding hydrogens is 351 g/mol. The normalized spacial score (nSPS) is 15.7. The minimum Gasteiger partial charge on any atom is -0.479 e. The number of ketones is 1. The van der Waals surface area contributed by atoms with Crippen molar-refractivity contribution in [1.82, 2.24) is 0 Å². The predicted molar refractivity (Wildman–Crippen MR) is 98.5 cm³/mol. The van der Waals surface area contributed by atoms with E-state index in [1.165, 1.54) is 23.1 Å². The summed E-state index contributed by atoms with van der Waals surface area (Å²) in [6.07, 6.45) is -0.612. The Bertz CT molecular complexity index is 913. The van der Waals surface area contributed by atoms with Crippen LogP contribution in [0, 0.1) is 5.82 Å². The van der Waals surface area contributed by atoms with E-state index in [1.54, 1.807) is 38.2 Å². The summed E-state index contributed by atoms with van der Waals surface area (Å²) in [5.41, 5.74) is 1.26. The highest BCUT2D eigenvalue weighted by atomic mass is 19.1. The average Bonchev–Trinajstić information content (AvgIpc) is 2.64. The zero-order valence-electron chi connectivity index (χ0n) is 15.0. The van der Waals surface area contributed by atoms with Crippen molar-refractivity contribution in [3.63, 3.8) is 0 Å². The number of amides is 2. The summed E-state index contributed by atoms with van der Waals surface area (Å²) < 4.78 is 18.7. The fourth-order valence-corrected chi connectivity index (χ4v) is 2.85. The van der Waals surface area contributed by atoms with Crippen LogP contribution in [0.1, 0.15) is 30.1 Å². The quantitative estimate of drug-likeness (QED) is 0.821. The van der Waals surface area contributed by atoms with Crippen molar-refractivity contribution in [1.29, 1.82) is 0 Å². The summed E-state index contributed by atoms with van der Waals surface area (Å²) in [6.45, 7) is 1.66. The third-order valence-corrected chi connectivity index (χ3v) is 4.31. The van der Waals surface area contributed by atoms with Gasteiger partial charge in [-0.25, -0.2) is 4.39 Å². The van der Waals surface area contributed by atoms with E-state index in [0.717, 1.165) is 0 Å². The lowest BCUT2D eigenvalue weighted by atomic mass is 10.0. The van der Waals surface area contributed by atoms with Crippen molar-refractivity contribution in [2.75, 3.05) is 17.3 Å². The molecule has 0 aliphatic carbocycles. The number of nitrogens with zero attached hydrogens (tertiary/aromatic N) is 1. The number of hydrogen-bond donors (Lipinski definition) is 1. The zero-order valence-corrected chi connectivity index (χ0v) is 15.0. The van der Waals surface area contributed by atoms with Crippen molar-refractivity contribution in [2.45, 2.75) is 25.9 Å². The van der Waals surface area contributed by atoms with Crippen LogP contribution < -0.4 is 15.0 Å². The molecule has 6 nitrogen and oxygen atoms in total. The molecule has 1 aliphatic heterocycles. The molecule has 1 unspecified atom stereocenters. The van der Waals surface area contributed by atoms with Gasteiger partial charge in [0.25, 0.3) is 5.91 Å². The number of halogens is 1. The van der Waals surface area contributed by atoms with Crippen molar-refractivity contribution >= 4 is 29.0 Å². The fourth-order valence-electron chi connectivity index (χ4n) is 2.85. The summed E-state index contributed by atoms with van der Waals surface area (Å²) in [4.78, 5) is 37.8. The van der Waals surface area contributed by atoms with Gasteiger partial charge in [0.2, 0.25) is 5.91 Å². The molecule has 0 fully saturated rings. The van der Waals surface area contributed by atoms with E-state index in [2.05, 4.69) is 5.32 Å². The van der Waals surface area contributed by atoms with Gasteiger partial charge in [0, 0.05) is 31.1 Å². The number of rotatable bonds is 5. The van der Waals surface area contributed by atoms with Crippen LogP contribution in [0.25, 0.3) is 0 Å². The average molecular weight is 370 g/mol. The maximum atomic E-state index is 13.1. The van der Waals surface area contributed by atoms with E-state index in [9.17, 15) is 18.8 Å². The number of anilines is 2. The van der Waals surface area contributed by atoms with Crippen molar-refractivity contribution in [3.05, 3.63) is 53.8 Å². The second-order valence-corrected chi connectivity index (χ2v) is 6.32. The largest absolute Gasteiger partial charge is 0.479 e. The molecule has 27 heavy (non-hydrogen) atoms. The Morgan fingerprint density at radius 1 is 1.19 bits per heavy atom. The van der Waals surface area contributed by atoms with E-state index in [4.69, 9.17) is 4.74 Å². The Hall–Kier alpha value is -3.22. The lowest BCUT2D eigenvalue weighted by molar-refractivity contribution is -0.125. The summed E-state index contributed by atoms with van der Waals surface area (Å²) in [5.74, 6) is -0.720. The lowest BCUT2D eigenvalue weighted by Gasteiger charge is -2.30. The topological polar surface area (TPSA) is 75.7 Å². The molecule has 7 heteroatoms. The molecule has 1 N–H and O–H groups in total. The van der Waals surface area contributed by atoms with Crippen molar-refractivity contribution in [2.24, 2.45) is 0 Å². The van der Waals surface area contributed by atoms with Crippen LogP contribution in [-0.2, 0) is 9.59 Å². The molecule has 0 radical (unpaired) electrons. The molecule has 0 bridgehead atoms. The van der Waals surface area contributed by atoms with E-state index >= 15 is 0 Å². The van der Waals surface area contributed by atoms with Gasteiger partial charge in [0.15, 0.2) is 11.9 Å². The second kappa shape index (κ2) is 7.57. The van der Waals surface area contributed by atoms with Gasteiger partial charge in [-0.2, -0.15) is 0 Å². The summed E-state index contributed by atoms with van der Waals surface area (Å²) in [5, 5.41) is 2.55. The van der Waals surface area contributed by atoms with Crippen LogP contribution in [0.4, 0.5) is 15.8 Å². The number of ether oxygens (including phenoxy) is 1. The van der Waals surface area contributed by atoms with Gasteiger partial charge in [0.05, 0.1) is 5.69 Å². The van der Waals surface area contributed by atoms with Gasteiger partial charge in [-0.15, -0.1) is 0 Å². The highest BCUT2D eigenvalue weighted by Crippen LogP contribution is 2.34. The molecule has 140 valence electrons. The molecular formula is C20H19FN2O4. The number of hydrogen-bond acceptors (Lipinski definition) is 4. The van der Waals surface area contributed by atoms with Crippen LogP contribution in [0.3, 0.4) is 0 Å². The predicted octanol–water partition coefficient (Wildman–Crippen LogP) is 3.17. The first-order valence-corrected chi connectivity index (χ1v) is 8.52. The summed E-state index contributed by atoms with van der Waals surface area (Å²) in [7, 11) is 1.63. The molecule has 1 aliphatic rings. The third-order valence-electron chi connectivity index (χ3n) is 4.31.